The van der Waals surface area contributed by atoms with Gasteiger partial charge in [0.15, 0.2) is 23.1 Å². The maximum Gasteiger partial charge on any atom is 0.305 e. The van der Waals surface area contributed by atoms with Crippen molar-refractivity contribution >= 4 is 34.9 Å². The number of hydrogen-bond acceptors (Lipinski definition) is 6. The fourth-order valence-electron chi connectivity index (χ4n) is 8.48. The maximum atomic E-state index is 15.1. The number of likely N-dealkylation sites (tertiary alicyclic amines) is 1. The average Bonchev–Trinajstić information content (AvgIpc) is 3.31. The van der Waals surface area contributed by atoms with Gasteiger partial charge in [-0.2, -0.15) is 0 Å². The summed E-state index contributed by atoms with van der Waals surface area (Å²) in [6.07, 6.45) is 2.95. The molecule has 4 aliphatic rings. The predicted molar refractivity (Wildman–Crippen MR) is 164 cm³/mol. The van der Waals surface area contributed by atoms with Crippen LogP contribution in [0.5, 0.6) is 5.75 Å². The van der Waals surface area contributed by atoms with Crippen molar-refractivity contribution in [3.05, 3.63) is 119 Å². The Hall–Kier alpha value is -5.18. The third-order valence-electron chi connectivity index (χ3n) is 10.3. The van der Waals surface area contributed by atoms with Crippen LogP contribution in [0.1, 0.15) is 41.9 Å². The lowest BCUT2D eigenvalue weighted by atomic mass is 9.44. The van der Waals surface area contributed by atoms with E-state index in [1.807, 2.05) is 6.08 Å². The molecule has 1 saturated heterocycles. The first kappa shape index (κ1) is 29.5. The van der Waals surface area contributed by atoms with Crippen molar-refractivity contribution in [2.24, 2.45) is 23.7 Å². The number of carbonyl (C=O) groups is 5. The normalized spacial score (nSPS) is 28.6. The molecule has 3 aromatic rings. The zero-order chi connectivity index (χ0) is 32.3. The predicted octanol–water partition coefficient (Wildman–Crippen LogP) is 4.83. The number of imide groups is 1. The Labute approximate surface area is 263 Å². The zero-order valence-electron chi connectivity index (χ0n) is 24.6. The van der Waals surface area contributed by atoms with Crippen molar-refractivity contribution in [1.29, 1.82) is 0 Å². The molecule has 0 bridgehead atoms. The van der Waals surface area contributed by atoms with E-state index < -0.39 is 70.8 Å². The lowest BCUT2D eigenvalue weighted by Gasteiger charge is -2.55. The van der Waals surface area contributed by atoms with Crippen molar-refractivity contribution in [1.82, 2.24) is 4.90 Å². The molecule has 2 N–H and O–H groups in total. The molecule has 1 saturated carbocycles. The molecule has 0 radical (unpaired) electrons. The molecule has 1 heterocycles. The summed E-state index contributed by atoms with van der Waals surface area (Å²) >= 11 is 0. The van der Waals surface area contributed by atoms with Gasteiger partial charge in [0, 0.05) is 29.5 Å². The van der Waals surface area contributed by atoms with Crippen LogP contribution in [0.15, 0.2) is 96.6 Å². The van der Waals surface area contributed by atoms with Gasteiger partial charge in [-0.05, 0) is 42.0 Å². The highest BCUT2D eigenvalue weighted by molar-refractivity contribution is 6.31. The molecule has 0 unspecified atom stereocenters. The van der Waals surface area contributed by atoms with Gasteiger partial charge < -0.3 is 10.2 Å². The minimum Gasteiger partial charge on any atom is -0.505 e. The van der Waals surface area contributed by atoms with Gasteiger partial charge in [0.05, 0.1) is 23.7 Å². The van der Waals surface area contributed by atoms with Crippen LogP contribution >= 0.6 is 0 Å². The quantitative estimate of drug-likeness (QED) is 0.299. The number of carboxylic acid groups (broad SMARTS) is 1. The number of fused-ring (bicyclic) bond motifs is 4. The molecular weight excluding hydrogens is 589 g/mol. The summed E-state index contributed by atoms with van der Waals surface area (Å²) < 4.78 is 15.1. The highest BCUT2D eigenvalue weighted by Gasteiger charge is 2.66. The first-order valence-corrected chi connectivity index (χ1v) is 15.3. The van der Waals surface area contributed by atoms with E-state index in [1.165, 1.54) is 18.2 Å². The molecule has 0 aromatic heterocycles. The topological polar surface area (TPSA) is 129 Å². The van der Waals surface area contributed by atoms with Crippen molar-refractivity contribution < 1.29 is 38.6 Å². The number of aromatic hydroxyl groups is 1. The minimum atomic E-state index is -1.59. The first-order chi connectivity index (χ1) is 22.2. The van der Waals surface area contributed by atoms with Gasteiger partial charge in [0.2, 0.25) is 11.8 Å². The van der Waals surface area contributed by atoms with Crippen molar-refractivity contribution in [3.63, 3.8) is 0 Å². The number of phenols is 1. The van der Waals surface area contributed by atoms with Crippen LogP contribution in [-0.4, -0.2) is 51.0 Å². The molecule has 2 fully saturated rings. The largest absolute Gasteiger partial charge is 0.505 e. The summed E-state index contributed by atoms with van der Waals surface area (Å²) in [4.78, 5) is 69.4. The average molecular weight is 620 g/mol. The number of phenolic OH excluding ortho intramolecular Hbond substituents is 1. The second-order valence-electron chi connectivity index (χ2n) is 12.4. The van der Waals surface area contributed by atoms with E-state index in [1.54, 1.807) is 60.7 Å². The second-order valence-corrected chi connectivity index (χ2v) is 12.4. The third kappa shape index (κ3) is 4.21. The highest BCUT2D eigenvalue weighted by Crippen LogP contribution is 2.64. The number of amides is 2. The van der Waals surface area contributed by atoms with E-state index in [4.69, 9.17) is 0 Å². The van der Waals surface area contributed by atoms with E-state index in [2.05, 4.69) is 0 Å². The number of aliphatic carboxylic acids is 1. The van der Waals surface area contributed by atoms with Crippen LogP contribution in [0, 0.1) is 29.5 Å². The number of allylic oxidation sites excluding steroid dienone is 4. The molecule has 232 valence electrons. The number of halogens is 1. The summed E-state index contributed by atoms with van der Waals surface area (Å²) in [5, 5.41) is 20.5. The Morgan fingerprint density at radius 3 is 2.28 bits per heavy atom. The van der Waals surface area contributed by atoms with Gasteiger partial charge in [-0.3, -0.25) is 28.9 Å². The lowest BCUT2D eigenvalue weighted by Crippen LogP contribution is -2.58. The van der Waals surface area contributed by atoms with E-state index >= 15 is 4.39 Å². The summed E-state index contributed by atoms with van der Waals surface area (Å²) in [7, 11) is 0. The van der Waals surface area contributed by atoms with Gasteiger partial charge in [0.25, 0.3) is 0 Å². The number of para-hydroxylation sites is 1. The molecule has 3 aromatic carbocycles. The van der Waals surface area contributed by atoms with E-state index in [0.717, 1.165) is 11.0 Å². The molecule has 6 atom stereocenters. The van der Waals surface area contributed by atoms with Gasteiger partial charge in [-0.25, -0.2) is 4.39 Å². The van der Waals surface area contributed by atoms with Gasteiger partial charge in [-0.1, -0.05) is 84.4 Å². The Bertz CT molecular complexity index is 1870. The maximum absolute atomic E-state index is 15.1. The Balaban J connectivity index is 1.48. The molecule has 2 amide bonds. The number of nitrogens with zero attached hydrogens (tertiary/aromatic N) is 1. The van der Waals surface area contributed by atoms with Crippen LogP contribution in [0.2, 0.25) is 0 Å². The number of carboxylic acids is 1. The Kier molecular flexibility index (Phi) is 7.07. The molecule has 0 spiro atoms. The van der Waals surface area contributed by atoms with Gasteiger partial charge in [0.1, 0.15) is 0 Å². The van der Waals surface area contributed by atoms with Crippen LogP contribution in [-0.2, 0) is 29.4 Å². The van der Waals surface area contributed by atoms with Crippen LogP contribution in [0.25, 0.3) is 5.57 Å². The van der Waals surface area contributed by atoms with E-state index in [0.29, 0.717) is 16.7 Å². The monoisotopic (exact) mass is 619 g/mol. The van der Waals surface area contributed by atoms with Crippen molar-refractivity contribution in [3.8, 4) is 5.75 Å². The fourth-order valence-corrected chi connectivity index (χ4v) is 8.48. The molecule has 3 aliphatic carbocycles. The first-order valence-electron chi connectivity index (χ1n) is 15.3. The van der Waals surface area contributed by atoms with Crippen LogP contribution in [0.4, 0.5) is 4.39 Å². The summed E-state index contributed by atoms with van der Waals surface area (Å²) in [5.41, 5.74) is 0.408. The summed E-state index contributed by atoms with van der Waals surface area (Å²) in [6.45, 7) is -0.272. The van der Waals surface area contributed by atoms with Gasteiger partial charge in [-0.15, -0.1) is 0 Å². The van der Waals surface area contributed by atoms with E-state index in [-0.39, 0.29) is 42.1 Å². The molecule has 9 heteroatoms. The number of ketones is 2. The highest BCUT2D eigenvalue weighted by atomic mass is 19.1. The van der Waals surface area contributed by atoms with Crippen LogP contribution in [0.3, 0.4) is 0 Å². The van der Waals surface area contributed by atoms with E-state index in [9.17, 15) is 34.2 Å². The number of benzene rings is 3. The third-order valence-corrected chi connectivity index (χ3v) is 10.3. The summed E-state index contributed by atoms with van der Waals surface area (Å²) in [6, 6.07) is 21.7. The number of rotatable bonds is 6. The minimum absolute atomic E-state index is 0.0506. The molecule has 7 rings (SSSR count). The Morgan fingerprint density at radius 2 is 1.59 bits per heavy atom. The van der Waals surface area contributed by atoms with Crippen LogP contribution < -0.4 is 0 Å². The smallest absolute Gasteiger partial charge is 0.305 e. The summed E-state index contributed by atoms with van der Waals surface area (Å²) in [5.74, 6) is -8.83. The number of carbonyl (C=O) groups excluding carboxylic acids is 4. The van der Waals surface area contributed by atoms with Crippen molar-refractivity contribution in [2.45, 2.75) is 30.6 Å². The molecule has 8 nitrogen and oxygen atoms in total. The molecule has 46 heavy (non-hydrogen) atoms. The fraction of sp³-hybridized carbons (Fsp3) is 0.270. The lowest BCUT2D eigenvalue weighted by molar-refractivity contribution is -0.142. The standard InChI is InChI=1S/C37H30FNO7/c38-28-13-7-12-24(34(28)44)32-22-14-15-23-31(36(46)39(35(23)45)17-16-30(41)42)26(22)18-27-33(43)25(20-8-3-1-4-9-20)19-29(40)37(27,32)21-10-5-2-6-11-21/h1-14,19,23,26-27,31-32,44H,15-18H2,(H,41,42)/t23-,26+,27-,31-,32+,37-/m0/s1. The second kappa shape index (κ2) is 11.0. The van der Waals surface area contributed by atoms with Crippen molar-refractivity contribution in [2.75, 3.05) is 6.54 Å². The molecule has 1 aliphatic heterocycles. The molecular formula is C37H30FNO7. The number of Topliss-reactive ketones (excluding diaryl/α,β-unsaturated/α-hetero) is 1. The Morgan fingerprint density at radius 1 is 0.891 bits per heavy atom. The SMILES string of the molecule is O=C(O)CCN1C(=O)[C@H]2[C@H](CC=C3[C@H]2C[C@H]2C(=O)C(c4ccccc4)=CC(=O)[C@@]2(c2ccccc2)[C@H]3c2cccc(F)c2O)C1=O. The van der Waals surface area contributed by atoms with Gasteiger partial charge >= 0.3 is 5.97 Å². The zero-order valence-corrected chi connectivity index (χ0v) is 24.6. The number of hydrogen-bond donors (Lipinski definition) is 2.